The van der Waals surface area contributed by atoms with Crippen molar-refractivity contribution in [3.8, 4) is 0 Å². The third-order valence-corrected chi connectivity index (χ3v) is 2.11. The molecule has 1 unspecified atom stereocenters. The molecule has 0 bridgehead atoms. The standard InChI is InChI=1S/C11H12O/c1-9-7-8-11(12-9)10-5-3-2-4-6-10/h2-5,7-8,10H,6H2,1H3. The molecule has 0 amide bonds. The molecule has 0 N–H and O–H groups in total. The molecule has 0 aromatic carbocycles. The van der Waals surface area contributed by atoms with Crippen LogP contribution in [0.3, 0.4) is 0 Å². The molecule has 0 aliphatic heterocycles. The molecule has 0 spiro atoms. The predicted octanol–water partition coefficient (Wildman–Crippen LogP) is 3.19. The van der Waals surface area contributed by atoms with Gasteiger partial charge in [0.1, 0.15) is 11.5 Å². The first-order valence-electron chi connectivity index (χ1n) is 4.26. The zero-order valence-electron chi connectivity index (χ0n) is 7.16. The van der Waals surface area contributed by atoms with Gasteiger partial charge in [-0.2, -0.15) is 0 Å². The molecule has 1 heterocycles. The van der Waals surface area contributed by atoms with E-state index >= 15 is 0 Å². The number of rotatable bonds is 1. The van der Waals surface area contributed by atoms with Crippen LogP contribution in [-0.4, -0.2) is 0 Å². The second kappa shape index (κ2) is 3.02. The van der Waals surface area contributed by atoms with Crippen LogP contribution >= 0.6 is 0 Å². The molecule has 0 fully saturated rings. The van der Waals surface area contributed by atoms with Crippen LogP contribution in [0.15, 0.2) is 40.9 Å². The lowest BCUT2D eigenvalue weighted by atomic mass is 9.98. The first kappa shape index (κ1) is 7.41. The van der Waals surface area contributed by atoms with Crippen LogP contribution in [-0.2, 0) is 0 Å². The minimum atomic E-state index is 0.448. The van der Waals surface area contributed by atoms with E-state index < -0.39 is 0 Å². The fourth-order valence-electron chi connectivity index (χ4n) is 1.44. The Kier molecular flexibility index (Phi) is 1.86. The summed E-state index contributed by atoms with van der Waals surface area (Å²) >= 11 is 0. The van der Waals surface area contributed by atoms with Gasteiger partial charge in [0.05, 0.1) is 0 Å². The molecule has 0 saturated heterocycles. The maximum Gasteiger partial charge on any atom is 0.111 e. The maximum absolute atomic E-state index is 5.54. The summed E-state index contributed by atoms with van der Waals surface area (Å²) in [5.41, 5.74) is 0. The molecule has 1 aromatic heterocycles. The number of aryl methyl sites for hydroxylation is 1. The Hall–Kier alpha value is -1.24. The van der Waals surface area contributed by atoms with Crippen LogP contribution in [0.4, 0.5) is 0 Å². The topological polar surface area (TPSA) is 13.1 Å². The molecule has 1 aliphatic carbocycles. The van der Waals surface area contributed by atoms with Gasteiger partial charge in [-0.3, -0.25) is 0 Å². The van der Waals surface area contributed by atoms with Gasteiger partial charge in [-0.05, 0) is 25.5 Å². The summed E-state index contributed by atoms with van der Waals surface area (Å²) in [5.74, 6) is 2.52. The summed E-state index contributed by atoms with van der Waals surface area (Å²) in [7, 11) is 0. The average molecular weight is 160 g/mol. The van der Waals surface area contributed by atoms with E-state index in [1.165, 1.54) is 0 Å². The first-order chi connectivity index (χ1) is 5.86. The van der Waals surface area contributed by atoms with Crippen LogP contribution in [0.2, 0.25) is 0 Å². The largest absolute Gasteiger partial charge is 0.466 e. The van der Waals surface area contributed by atoms with Gasteiger partial charge in [0.2, 0.25) is 0 Å². The van der Waals surface area contributed by atoms with Crippen molar-refractivity contribution >= 4 is 0 Å². The van der Waals surface area contributed by atoms with Gasteiger partial charge in [-0.1, -0.05) is 24.3 Å². The second-order valence-electron chi connectivity index (χ2n) is 3.10. The van der Waals surface area contributed by atoms with Gasteiger partial charge in [0, 0.05) is 5.92 Å². The summed E-state index contributed by atoms with van der Waals surface area (Å²) in [5, 5.41) is 0. The monoisotopic (exact) mass is 160 g/mol. The van der Waals surface area contributed by atoms with Crippen LogP contribution in [0.1, 0.15) is 23.9 Å². The molecule has 1 heteroatoms. The van der Waals surface area contributed by atoms with Crippen molar-refractivity contribution in [1.82, 2.24) is 0 Å². The SMILES string of the molecule is Cc1ccc(C2C=CC=CC2)o1. The van der Waals surface area contributed by atoms with Crippen LogP contribution in [0.5, 0.6) is 0 Å². The van der Waals surface area contributed by atoms with Gasteiger partial charge < -0.3 is 4.42 Å². The quantitative estimate of drug-likeness (QED) is 0.615. The van der Waals surface area contributed by atoms with Crippen molar-refractivity contribution in [1.29, 1.82) is 0 Å². The van der Waals surface area contributed by atoms with Crippen molar-refractivity contribution in [3.05, 3.63) is 48.0 Å². The Bertz CT molecular complexity index is 318. The van der Waals surface area contributed by atoms with Crippen molar-refractivity contribution in [2.24, 2.45) is 0 Å². The molecule has 1 nitrogen and oxygen atoms in total. The highest BCUT2D eigenvalue weighted by Gasteiger charge is 2.11. The second-order valence-corrected chi connectivity index (χ2v) is 3.10. The highest BCUT2D eigenvalue weighted by molar-refractivity contribution is 5.22. The molecule has 1 aromatic rings. The lowest BCUT2D eigenvalue weighted by Crippen LogP contribution is -1.93. The molecule has 1 atom stereocenters. The Morgan fingerprint density at radius 3 is 2.83 bits per heavy atom. The van der Waals surface area contributed by atoms with Crippen LogP contribution < -0.4 is 0 Å². The molecule has 1 aliphatic rings. The molecular weight excluding hydrogens is 148 g/mol. The molecule has 2 rings (SSSR count). The minimum Gasteiger partial charge on any atom is -0.466 e. The molecular formula is C11H12O. The van der Waals surface area contributed by atoms with E-state index in [4.69, 9.17) is 4.42 Å². The molecule has 0 saturated carbocycles. The van der Waals surface area contributed by atoms with Gasteiger partial charge in [-0.25, -0.2) is 0 Å². The highest BCUT2D eigenvalue weighted by atomic mass is 16.3. The van der Waals surface area contributed by atoms with Gasteiger partial charge >= 0.3 is 0 Å². The number of furan rings is 1. The Morgan fingerprint density at radius 2 is 2.25 bits per heavy atom. The minimum absolute atomic E-state index is 0.448. The average Bonchev–Trinajstić information content (AvgIpc) is 2.54. The number of hydrogen-bond acceptors (Lipinski definition) is 1. The Balaban J connectivity index is 2.20. The number of hydrogen-bond donors (Lipinski definition) is 0. The van der Waals surface area contributed by atoms with Gasteiger partial charge in [0.25, 0.3) is 0 Å². The van der Waals surface area contributed by atoms with Crippen molar-refractivity contribution in [2.75, 3.05) is 0 Å². The first-order valence-corrected chi connectivity index (χ1v) is 4.26. The summed E-state index contributed by atoms with van der Waals surface area (Å²) in [6, 6.07) is 4.07. The van der Waals surface area contributed by atoms with E-state index in [0.29, 0.717) is 5.92 Å². The summed E-state index contributed by atoms with van der Waals surface area (Å²) in [6.45, 7) is 1.98. The lowest BCUT2D eigenvalue weighted by Gasteiger charge is -2.08. The Morgan fingerprint density at radius 1 is 1.33 bits per heavy atom. The van der Waals surface area contributed by atoms with E-state index in [9.17, 15) is 0 Å². The smallest absolute Gasteiger partial charge is 0.111 e. The van der Waals surface area contributed by atoms with Crippen molar-refractivity contribution in [2.45, 2.75) is 19.3 Å². The predicted molar refractivity (Wildman–Crippen MR) is 49.1 cm³/mol. The fraction of sp³-hybridized carbons (Fsp3) is 0.273. The van der Waals surface area contributed by atoms with E-state index in [0.717, 1.165) is 17.9 Å². The zero-order valence-corrected chi connectivity index (χ0v) is 7.16. The molecule has 12 heavy (non-hydrogen) atoms. The van der Waals surface area contributed by atoms with E-state index in [-0.39, 0.29) is 0 Å². The van der Waals surface area contributed by atoms with Crippen molar-refractivity contribution in [3.63, 3.8) is 0 Å². The third kappa shape index (κ3) is 1.35. The maximum atomic E-state index is 5.54. The van der Waals surface area contributed by atoms with E-state index in [1.54, 1.807) is 0 Å². The highest BCUT2D eigenvalue weighted by Crippen LogP contribution is 2.25. The zero-order chi connectivity index (χ0) is 8.39. The lowest BCUT2D eigenvalue weighted by molar-refractivity contribution is 0.466. The fourth-order valence-corrected chi connectivity index (χ4v) is 1.44. The van der Waals surface area contributed by atoms with Crippen molar-refractivity contribution < 1.29 is 4.42 Å². The van der Waals surface area contributed by atoms with Gasteiger partial charge in [-0.15, -0.1) is 0 Å². The summed E-state index contributed by atoms with van der Waals surface area (Å²) in [4.78, 5) is 0. The summed E-state index contributed by atoms with van der Waals surface area (Å²) < 4.78 is 5.54. The third-order valence-electron chi connectivity index (χ3n) is 2.11. The van der Waals surface area contributed by atoms with Crippen LogP contribution in [0.25, 0.3) is 0 Å². The van der Waals surface area contributed by atoms with E-state index in [1.807, 2.05) is 13.0 Å². The normalized spacial score (nSPS) is 21.6. The number of allylic oxidation sites excluding steroid dienone is 4. The summed E-state index contributed by atoms with van der Waals surface area (Å²) in [6.07, 6.45) is 9.56. The van der Waals surface area contributed by atoms with E-state index in [2.05, 4.69) is 30.4 Å². The molecule has 0 radical (unpaired) electrons. The van der Waals surface area contributed by atoms with Gasteiger partial charge in [0.15, 0.2) is 0 Å². The van der Waals surface area contributed by atoms with Crippen LogP contribution in [0, 0.1) is 6.92 Å². The Labute approximate surface area is 72.4 Å². The molecule has 62 valence electrons.